The number of H-pyrrole nitrogens is 1. The second-order valence-corrected chi connectivity index (χ2v) is 5.10. The number of benzene rings is 1. The summed E-state index contributed by atoms with van der Waals surface area (Å²) in [6.07, 6.45) is 0. The first-order chi connectivity index (χ1) is 9.99. The fourth-order valence-corrected chi connectivity index (χ4v) is 2.40. The van der Waals surface area contributed by atoms with Crippen LogP contribution in [0.2, 0.25) is 10.2 Å². The highest BCUT2D eigenvalue weighted by atomic mass is 35.5. The van der Waals surface area contributed by atoms with Crippen LogP contribution < -0.4 is 11.2 Å². The van der Waals surface area contributed by atoms with Gasteiger partial charge in [0.2, 0.25) is 0 Å². The summed E-state index contributed by atoms with van der Waals surface area (Å²) in [5.41, 5.74) is -0.208. The summed E-state index contributed by atoms with van der Waals surface area (Å²) < 4.78 is 1.17. The maximum Gasteiger partial charge on any atom is 0.329 e. The minimum Gasteiger partial charge on any atom is -0.279 e. The van der Waals surface area contributed by atoms with Crippen molar-refractivity contribution in [2.75, 3.05) is 0 Å². The number of halogens is 2. The van der Waals surface area contributed by atoms with Crippen molar-refractivity contribution >= 4 is 34.4 Å². The lowest BCUT2D eigenvalue weighted by Crippen LogP contribution is -2.29. The van der Waals surface area contributed by atoms with Crippen molar-refractivity contribution in [3.8, 4) is 11.3 Å². The van der Waals surface area contributed by atoms with Gasteiger partial charge in [0.25, 0.3) is 5.56 Å². The van der Waals surface area contributed by atoms with Gasteiger partial charge >= 0.3 is 5.69 Å². The highest BCUT2D eigenvalue weighted by Gasteiger charge is 2.15. The van der Waals surface area contributed by atoms with Crippen molar-refractivity contribution in [2.24, 2.45) is 7.05 Å². The molecule has 0 radical (unpaired) electrons. The molecule has 0 bridgehead atoms. The number of aryl methyl sites for hydroxylation is 1. The number of nitrogens with one attached hydrogen (secondary N) is 1. The van der Waals surface area contributed by atoms with Gasteiger partial charge < -0.3 is 0 Å². The van der Waals surface area contributed by atoms with E-state index in [1.807, 2.05) is 0 Å². The maximum absolute atomic E-state index is 11.9. The smallest absolute Gasteiger partial charge is 0.279 e. The van der Waals surface area contributed by atoms with E-state index in [9.17, 15) is 9.59 Å². The molecule has 6 nitrogen and oxygen atoms in total. The Morgan fingerprint density at radius 1 is 1.14 bits per heavy atom. The Morgan fingerprint density at radius 2 is 1.86 bits per heavy atom. The molecule has 1 N–H and O–H groups in total. The Bertz CT molecular complexity index is 978. The number of aromatic nitrogens is 4. The zero-order valence-electron chi connectivity index (χ0n) is 10.7. The van der Waals surface area contributed by atoms with Crippen LogP contribution in [0.3, 0.4) is 0 Å². The molecule has 1 aromatic carbocycles. The molecule has 3 aromatic rings. The highest BCUT2D eigenvalue weighted by molar-refractivity contribution is 6.35. The van der Waals surface area contributed by atoms with Crippen molar-refractivity contribution in [3.63, 3.8) is 0 Å². The van der Waals surface area contributed by atoms with E-state index in [-0.39, 0.29) is 16.3 Å². The molecule has 0 aliphatic heterocycles. The Labute approximate surface area is 128 Å². The molecule has 0 aliphatic rings. The van der Waals surface area contributed by atoms with E-state index in [1.165, 1.54) is 11.6 Å². The largest absolute Gasteiger partial charge is 0.329 e. The topological polar surface area (TPSA) is 80.6 Å². The zero-order valence-corrected chi connectivity index (χ0v) is 12.2. The predicted molar refractivity (Wildman–Crippen MR) is 80.9 cm³/mol. The number of nitrogens with zero attached hydrogens (tertiary/aromatic N) is 3. The molecule has 0 fully saturated rings. The van der Waals surface area contributed by atoms with Gasteiger partial charge in [-0.15, -0.1) is 0 Å². The van der Waals surface area contributed by atoms with E-state index in [2.05, 4.69) is 15.0 Å². The van der Waals surface area contributed by atoms with Crippen molar-refractivity contribution in [1.82, 2.24) is 19.5 Å². The van der Waals surface area contributed by atoms with Gasteiger partial charge in [-0.1, -0.05) is 41.4 Å². The molecular weight excluding hydrogens is 315 g/mol. The summed E-state index contributed by atoms with van der Waals surface area (Å²) in [7, 11) is 1.47. The first-order valence-corrected chi connectivity index (χ1v) is 6.66. The first kappa shape index (κ1) is 13.8. The van der Waals surface area contributed by atoms with Crippen LogP contribution in [0.25, 0.3) is 22.4 Å². The Morgan fingerprint density at radius 3 is 2.57 bits per heavy atom. The Kier molecular flexibility index (Phi) is 3.27. The van der Waals surface area contributed by atoms with Crippen molar-refractivity contribution in [3.05, 3.63) is 55.3 Å². The Balaban J connectivity index is 2.43. The molecule has 21 heavy (non-hydrogen) atoms. The van der Waals surface area contributed by atoms with E-state index >= 15 is 0 Å². The van der Waals surface area contributed by atoms with E-state index in [0.29, 0.717) is 16.3 Å². The second kappa shape index (κ2) is 4.98. The summed E-state index contributed by atoms with van der Waals surface area (Å²) in [6, 6.07) is 6.95. The summed E-state index contributed by atoms with van der Waals surface area (Å²) in [5.74, 6) is 0. The second-order valence-electron chi connectivity index (χ2n) is 4.33. The van der Waals surface area contributed by atoms with Crippen LogP contribution in [0.15, 0.2) is 33.9 Å². The average molecular weight is 323 g/mol. The standard InChI is InChI=1S/C13H8Cl2N4O2/c1-19-11-9(12(20)18-13(19)21)16-8(10(15)17-11)6-4-2-3-5-7(6)14/h2-5H,1H3,(H,18,20,21). The normalized spacial score (nSPS) is 11.0. The third-order valence-electron chi connectivity index (χ3n) is 3.02. The molecule has 8 heteroatoms. The van der Waals surface area contributed by atoms with Crippen LogP contribution in [0, 0.1) is 0 Å². The van der Waals surface area contributed by atoms with Crippen LogP contribution in [-0.2, 0) is 7.05 Å². The Hall–Kier alpha value is -2.18. The van der Waals surface area contributed by atoms with Crippen LogP contribution in [0.4, 0.5) is 0 Å². The van der Waals surface area contributed by atoms with Crippen LogP contribution in [-0.4, -0.2) is 19.5 Å². The molecule has 0 aliphatic carbocycles. The van der Waals surface area contributed by atoms with Gasteiger partial charge in [0.15, 0.2) is 16.3 Å². The molecule has 3 rings (SSSR count). The number of hydrogen-bond acceptors (Lipinski definition) is 4. The van der Waals surface area contributed by atoms with Gasteiger partial charge in [-0.05, 0) is 6.07 Å². The molecule has 0 saturated carbocycles. The van der Waals surface area contributed by atoms with Gasteiger partial charge in [0.05, 0.1) is 5.02 Å². The molecule has 2 aromatic heterocycles. The fourth-order valence-electron chi connectivity index (χ4n) is 1.95. The summed E-state index contributed by atoms with van der Waals surface area (Å²) in [4.78, 5) is 33.9. The van der Waals surface area contributed by atoms with Crippen LogP contribution in [0.1, 0.15) is 0 Å². The van der Waals surface area contributed by atoms with Gasteiger partial charge in [-0.3, -0.25) is 14.3 Å². The minimum atomic E-state index is -0.620. The molecule has 2 heterocycles. The monoisotopic (exact) mass is 322 g/mol. The van der Waals surface area contributed by atoms with E-state index < -0.39 is 11.2 Å². The quantitative estimate of drug-likeness (QED) is 0.743. The number of aromatic amines is 1. The summed E-state index contributed by atoms with van der Waals surface area (Å²) in [6.45, 7) is 0. The fraction of sp³-hybridized carbons (Fsp3) is 0.0769. The third kappa shape index (κ3) is 2.22. The van der Waals surface area contributed by atoms with E-state index in [1.54, 1.807) is 24.3 Å². The SMILES string of the molecule is Cn1c(=O)[nH]c(=O)c2nc(-c3ccccc3Cl)c(Cl)nc21. The van der Waals surface area contributed by atoms with Crippen molar-refractivity contribution in [2.45, 2.75) is 0 Å². The van der Waals surface area contributed by atoms with Crippen molar-refractivity contribution < 1.29 is 0 Å². The highest BCUT2D eigenvalue weighted by Crippen LogP contribution is 2.30. The molecule has 0 atom stereocenters. The maximum atomic E-state index is 11.9. The van der Waals surface area contributed by atoms with E-state index in [4.69, 9.17) is 23.2 Å². The molecule has 0 spiro atoms. The summed E-state index contributed by atoms with van der Waals surface area (Å²) >= 11 is 12.2. The molecule has 0 unspecified atom stereocenters. The predicted octanol–water partition coefficient (Wildman–Crippen LogP) is 1.99. The molecule has 106 valence electrons. The first-order valence-electron chi connectivity index (χ1n) is 5.90. The zero-order chi connectivity index (χ0) is 15.1. The number of fused-ring (bicyclic) bond motifs is 1. The van der Waals surface area contributed by atoms with Gasteiger partial charge in [-0.2, -0.15) is 0 Å². The number of hydrogen-bond donors (Lipinski definition) is 1. The van der Waals surface area contributed by atoms with Crippen LogP contribution in [0.5, 0.6) is 0 Å². The lowest BCUT2D eigenvalue weighted by molar-refractivity contribution is 0.824. The van der Waals surface area contributed by atoms with Crippen LogP contribution >= 0.6 is 23.2 Å². The van der Waals surface area contributed by atoms with Gasteiger partial charge in [0, 0.05) is 12.6 Å². The van der Waals surface area contributed by atoms with Crippen molar-refractivity contribution in [1.29, 1.82) is 0 Å². The molecule has 0 amide bonds. The molecule has 0 saturated heterocycles. The minimum absolute atomic E-state index is 0.0245. The van der Waals surface area contributed by atoms with E-state index in [0.717, 1.165) is 0 Å². The third-order valence-corrected chi connectivity index (χ3v) is 3.61. The van der Waals surface area contributed by atoms with Gasteiger partial charge in [-0.25, -0.2) is 14.8 Å². The molecular formula is C13H8Cl2N4O2. The number of rotatable bonds is 1. The average Bonchev–Trinajstić information content (AvgIpc) is 2.45. The lowest BCUT2D eigenvalue weighted by Gasteiger charge is -2.08. The summed E-state index contributed by atoms with van der Waals surface area (Å²) in [5, 5.41) is 0.505. The van der Waals surface area contributed by atoms with Gasteiger partial charge in [0.1, 0.15) is 5.69 Å². The lowest BCUT2D eigenvalue weighted by atomic mass is 10.1.